The SMILES string of the molecule is CCc1cc(C(=O)N2CC[C@](C)(O)[C@@H](O)C2)cc(=O)[nH]1. The number of likely N-dealkylation sites (tertiary alicyclic amines) is 1. The van der Waals surface area contributed by atoms with Crippen molar-refractivity contribution < 1.29 is 15.0 Å². The van der Waals surface area contributed by atoms with Crippen LogP contribution in [0.3, 0.4) is 0 Å². The van der Waals surface area contributed by atoms with Crippen LogP contribution in [-0.4, -0.2) is 50.8 Å². The van der Waals surface area contributed by atoms with Gasteiger partial charge in [-0.05, 0) is 25.8 Å². The first-order chi connectivity index (χ1) is 9.33. The quantitative estimate of drug-likeness (QED) is 0.705. The van der Waals surface area contributed by atoms with Crippen molar-refractivity contribution in [2.45, 2.75) is 38.4 Å². The monoisotopic (exact) mass is 280 g/mol. The Hall–Kier alpha value is -1.66. The number of pyridine rings is 1. The molecule has 2 rings (SSSR count). The number of hydrogen-bond donors (Lipinski definition) is 3. The maximum atomic E-state index is 12.4. The average Bonchev–Trinajstić information content (AvgIpc) is 2.40. The molecular weight excluding hydrogens is 260 g/mol. The number of H-pyrrole nitrogens is 1. The largest absolute Gasteiger partial charge is 0.388 e. The Kier molecular flexibility index (Phi) is 3.96. The van der Waals surface area contributed by atoms with Gasteiger partial charge < -0.3 is 20.1 Å². The summed E-state index contributed by atoms with van der Waals surface area (Å²) < 4.78 is 0. The number of nitrogens with zero attached hydrogens (tertiary/aromatic N) is 1. The van der Waals surface area contributed by atoms with Crippen LogP contribution in [0.2, 0.25) is 0 Å². The number of aromatic nitrogens is 1. The van der Waals surface area contributed by atoms with E-state index in [9.17, 15) is 19.8 Å². The van der Waals surface area contributed by atoms with Crippen LogP contribution in [0.1, 0.15) is 36.3 Å². The maximum Gasteiger partial charge on any atom is 0.254 e. The molecule has 3 N–H and O–H groups in total. The molecule has 1 aliphatic heterocycles. The fourth-order valence-corrected chi connectivity index (χ4v) is 2.31. The molecule has 1 saturated heterocycles. The predicted octanol–water partition coefficient (Wildman–Crippen LogP) is -0.105. The molecule has 6 heteroatoms. The molecule has 0 radical (unpaired) electrons. The van der Waals surface area contributed by atoms with E-state index in [0.717, 1.165) is 0 Å². The molecule has 1 amide bonds. The first-order valence-corrected chi connectivity index (χ1v) is 6.76. The normalized spacial score (nSPS) is 26.6. The molecule has 20 heavy (non-hydrogen) atoms. The molecule has 0 unspecified atom stereocenters. The molecule has 6 nitrogen and oxygen atoms in total. The summed E-state index contributed by atoms with van der Waals surface area (Å²) in [6.45, 7) is 3.88. The van der Waals surface area contributed by atoms with Crippen molar-refractivity contribution in [1.82, 2.24) is 9.88 Å². The van der Waals surface area contributed by atoms with Crippen molar-refractivity contribution in [2.24, 2.45) is 0 Å². The van der Waals surface area contributed by atoms with Crippen LogP contribution in [0.4, 0.5) is 0 Å². The molecule has 0 aliphatic carbocycles. The molecule has 110 valence electrons. The Labute approximate surface area is 117 Å². The smallest absolute Gasteiger partial charge is 0.254 e. The number of amides is 1. The summed E-state index contributed by atoms with van der Waals surface area (Å²) in [7, 11) is 0. The molecule has 1 aliphatic rings. The number of aliphatic hydroxyl groups excluding tert-OH is 1. The van der Waals surface area contributed by atoms with Crippen molar-refractivity contribution >= 4 is 5.91 Å². The number of carbonyl (C=O) groups is 1. The molecule has 1 aromatic rings. The van der Waals surface area contributed by atoms with E-state index >= 15 is 0 Å². The molecule has 1 aromatic heterocycles. The van der Waals surface area contributed by atoms with Crippen LogP contribution in [0.25, 0.3) is 0 Å². The van der Waals surface area contributed by atoms with E-state index in [1.165, 1.54) is 11.0 Å². The Morgan fingerprint density at radius 1 is 1.55 bits per heavy atom. The fourth-order valence-electron chi connectivity index (χ4n) is 2.31. The van der Waals surface area contributed by atoms with Gasteiger partial charge in [-0.25, -0.2) is 0 Å². The Balaban J connectivity index is 2.20. The third-order valence-corrected chi connectivity index (χ3v) is 3.81. The van der Waals surface area contributed by atoms with Crippen molar-refractivity contribution in [3.63, 3.8) is 0 Å². The lowest BCUT2D eigenvalue weighted by Crippen LogP contribution is -2.55. The second-order valence-corrected chi connectivity index (χ2v) is 5.49. The van der Waals surface area contributed by atoms with Crippen molar-refractivity contribution in [1.29, 1.82) is 0 Å². The fraction of sp³-hybridized carbons (Fsp3) is 0.571. The highest BCUT2D eigenvalue weighted by atomic mass is 16.3. The highest BCUT2D eigenvalue weighted by Crippen LogP contribution is 2.23. The van der Waals surface area contributed by atoms with Gasteiger partial charge in [0.05, 0.1) is 11.7 Å². The van der Waals surface area contributed by atoms with Gasteiger partial charge in [0.2, 0.25) is 5.56 Å². The minimum absolute atomic E-state index is 0.0695. The van der Waals surface area contributed by atoms with Gasteiger partial charge in [0.25, 0.3) is 5.91 Å². The lowest BCUT2D eigenvalue weighted by Gasteiger charge is -2.39. The lowest BCUT2D eigenvalue weighted by molar-refractivity contribution is -0.0999. The first kappa shape index (κ1) is 14.7. The molecule has 0 saturated carbocycles. The maximum absolute atomic E-state index is 12.4. The number of piperidine rings is 1. The van der Waals surface area contributed by atoms with Gasteiger partial charge in [0.1, 0.15) is 0 Å². The van der Waals surface area contributed by atoms with Crippen LogP contribution in [-0.2, 0) is 6.42 Å². The van der Waals surface area contributed by atoms with Crippen LogP contribution in [0, 0.1) is 0 Å². The third kappa shape index (κ3) is 2.91. The summed E-state index contributed by atoms with van der Waals surface area (Å²) >= 11 is 0. The number of nitrogens with one attached hydrogen (secondary N) is 1. The Morgan fingerprint density at radius 2 is 2.25 bits per heavy atom. The van der Waals surface area contributed by atoms with Gasteiger partial charge >= 0.3 is 0 Å². The second kappa shape index (κ2) is 5.38. The molecule has 0 bridgehead atoms. The predicted molar refractivity (Wildman–Crippen MR) is 73.6 cm³/mol. The number of aliphatic hydroxyl groups is 2. The van der Waals surface area contributed by atoms with Crippen LogP contribution < -0.4 is 5.56 Å². The van der Waals surface area contributed by atoms with Crippen molar-refractivity contribution in [3.8, 4) is 0 Å². The zero-order chi connectivity index (χ0) is 14.9. The Morgan fingerprint density at radius 3 is 2.85 bits per heavy atom. The number of hydrogen-bond acceptors (Lipinski definition) is 4. The number of carbonyl (C=O) groups excluding carboxylic acids is 1. The van der Waals surface area contributed by atoms with E-state index < -0.39 is 11.7 Å². The van der Waals surface area contributed by atoms with E-state index in [1.54, 1.807) is 13.0 Å². The van der Waals surface area contributed by atoms with Crippen LogP contribution in [0.15, 0.2) is 16.9 Å². The highest BCUT2D eigenvalue weighted by Gasteiger charge is 2.38. The molecule has 0 aromatic carbocycles. The van der Waals surface area contributed by atoms with E-state index in [0.29, 0.717) is 30.6 Å². The summed E-state index contributed by atoms with van der Waals surface area (Å²) in [5.41, 5.74) is -0.457. The zero-order valence-electron chi connectivity index (χ0n) is 11.7. The highest BCUT2D eigenvalue weighted by molar-refractivity contribution is 5.94. The average molecular weight is 280 g/mol. The number of rotatable bonds is 2. The summed E-state index contributed by atoms with van der Waals surface area (Å²) in [5, 5.41) is 19.7. The van der Waals surface area contributed by atoms with Gasteiger partial charge in [-0.15, -0.1) is 0 Å². The standard InChI is InChI=1S/C14H20N2O4/c1-3-10-6-9(7-12(18)15-10)13(19)16-5-4-14(2,20)11(17)8-16/h6-7,11,17,20H,3-5,8H2,1-2H3,(H,15,18)/t11-,14-/m0/s1. The van der Waals surface area contributed by atoms with Gasteiger partial charge in [0.15, 0.2) is 0 Å². The van der Waals surface area contributed by atoms with E-state index in [-0.39, 0.29) is 18.0 Å². The molecule has 0 spiro atoms. The lowest BCUT2D eigenvalue weighted by atomic mass is 9.90. The molecule has 2 heterocycles. The first-order valence-electron chi connectivity index (χ1n) is 6.76. The van der Waals surface area contributed by atoms with Gasteiger partial charge in [-0.3, -0.25) is 9.59 Å². The zero-order valence-corrected chi connectivity index (χ0v) is 11.7. The van der Waals surface area contributed by atoms with Gasteiger partial charge in [0, 0.05) is 30.4 Å². The van der Waals surface area contributed by atoms with E-state index in [4.69, 9.17) is 0 Å². The van der Waals surface area contributed by atoms with E-state index in [1.807, 2.05) is 6.92 Å². The van der Waals surface area contributed by atoms with Crippen molar-refractivity contribution in [2.75, 3.05) is 13.1 Å². The molecular formula is C14H20N2O4. The minimum atomic E-state index is -1.17. The van der Waals surface area contributed by atoms with Crippen molar-refractivity contribution in [3.05, 3.63) is 33.7 Å². The summed E-state index contributed by atoms with van der Waals surface area (Å²) in [6.07, 6.45) is -0.0370. The van der Waals surface area contributed by atoms with Crippen LogP contribution in [0.5, 0.6) is 0 Å². The van der Waals surface area contributed by atoms with E-state index in [2.05, 4.69) is 4.98 Å². The number of aryl methyl sites for hydroxylation is 1. The summed E-state index contributed by atoms with van der Waals surface area (Å²) in [4.78, 5) is 28.0. The van der Waals surface area contributed by atoms with Gasteiger partial charge in [-0.2, -0.15) is 0 Å². The number of β-amino-alcohol motifs (C(OH)–C–C–N with tert-alkyl or cyclic N) is 1. The topological polar surface area (TPSA) is 93.6 Å². The number of aromatic amines is 1. The minimum Gasteiger partial charge on any atom is -0.388 e. The molecule has 2 atom stereocenters. The van der Waals surface area contributed by atoms with Gasteiger partial charge in [-0.1, -0.05) is 6.92 Å². The summed E-state index contributed by atoms with van der Waals surface area (Å²) in [6, 6.07) is 2.92. The Bertz CT molecular complexity index is 565. The second-order valence-electron chi connectivity index (χ2n) is 5.49. The third-order valence-electron chi connectivity index (χ3n) is 3.81. The van der Waals surface area contributed by atoms with Crippen LogP contribution >= 0.6 is 0 Å². The summed E-state index contributed by atoms with van der Waals surface area (Å²) in [5.74, 6) is -0.291. The molecule has 1 fully saturated rings.